The molecule has 2 aromatic rings. The van der Waals surface area contributed by atoms with Crippen molar-refractivity contribution in [3.8, 4) is 0 Å². The molecule has 0 aliphatic rings. The van der Waals surface area contributed by atoms with Gasteiger partial charge < -0.3 is 5.32 Å². The molecule has 0 saturated carbocycles. The van der Waals surface area contributed by atoms with E-state index in [-0.39, 0.29) is 16.9 Å². The molecule has 0 radical (unpaired) electrons. The lowest BCUT2D eigenvalue weighted by atomic mass is 10.1. The first kappa shape index (κ1) is 13.2. The van der Waals surface area contributed by atoms with Crippen molar-refractivity contribution in [3.05, 3.63) is 57.5 Å². The van der Waals surface area contributed by atoms with Crippen molar-refractivity contribution in [1.82, 2.24) is 9.97 Å². The number of nitrogens with zero attached hydrogens (tertiary/aromatic N) is 3. The van der Waals surface area contributed by atoms with Gasteiger partial charge in [-0.1, -0.05) is 17.7 Å². The summed E-state index contributed by atoms with van der Waals surface area (Å²) in [5, 5.41) is 13.9. The smallest absolute Gasteiger partial charge is 0.276 e. The van der Waals surface area contributed by atoms with E-state index in [9.17, 15) is 10.1 Å². The summed E-state index contributed by atoms with van der Waals surface area (Å²) >= 11 is 5.76. The molecule has 7 heteroatoms. The van der Waals surface area contributed by atoms with Crippen molar-refractivity contribution >= 4 is 23.1 Å². The number of nitro groups is 1. The van der Waals surface area contributed by atoms with Crippen LogP contribution in [0.1, 0.15) is 18.5 Å². The van der Waals surface area contributed by atoms with Crippen LogP contribution in [0.15, 0.2) is 36.7 Å². The molecule has 1 N–H and O–H groups in total. The Morgan fingerprint density at radius 1 is 1.47 bits per heavy atom. The van der Waals surface area contributed by atoms with Gasteiger partial charge in [0, 0.05) is 12.4 Å². The zero-order chi connectivity index (χ0) is 13.8. The normalized spacial score (nSPS) is 11.9. The van der Waals surface area contributed by atoms with Crippen molar-refractivity contribution < 1.29 is 4.92 Å². The topological polar surface area (TPSA) is 81.0 Å². The third-order valence-corrected chi connectivity index (χ3v) is 2.73. The second kappa shape index (κ2) is 5.62. The Balaban J connectivity index is 2.21. The highest BCUT2D eigenvalue weighted by molar-refractivity contribution is 6.29. The quantitative estimate of drug-likeness (QED) is 0.527. The average molecular weight is 279 g/mol. The molecule has 0 saturated heterocycles. The van der Waals surface area contributed by atoms with Gasteiger partial charge in [0.25, 0.3) is 5.69 Å². The molecule has 0 aliphatic heterocycles. The number of pyridine rings is 2. The minimum Gasteiger partial charge on any atom is -0.363 e. The molecule has 1 atom stereocenters. The first-order chi connectivity index (χ1) is 9.06. The summed E-state index contributed by atoms with van der Waals surface area (Å²) in [6, 6.07) is 6.20. The molecule has 0 aromatic carbocycles. The molecule has 19 heavy (non-hydrogen) atoms. The summed E-state index contributed by atoms with van der Waals surface area (Å²) in [4.78, 5) is 18.3. The lowest BCUT2D eigenvalue weighted by Gasteiger charge is -2.14. The molecular formula is C12H11ClN4O2. The van der Waals surface area contributed by atoms with Crippen molar-refractivity contribution in [2.45, 2.75) is 13.0 Å². The van der Waals surface area contributed by atoms with Gasteiger partial charge in [-0.15, -0.1) is 0 Å². The molecule has 0 fully saturated rings. The first-order valence-corrected chi connectivity index (χ1v) is 5.92. The highest BCUT2D eigenvalue weighted by Gasteiger charge is 2.12. The van der Waals surface area contributed by atoms with Gasteiger partial charge in [0.05, 0.1) is 23.1 Å². The standard InChI is InChI=1S/C12H11ClN4O2/c1-8(9-3-2-4-14-7-9)15-12-6-10(17(18)19)5-11(13)16-12/h2-8H,1H3,(H,15,16). The van der Waals surface area contributed by atoms with Gasteiger partial charge in [0.1, 0.15) is 11.0 Å². The molecule has 98 valence electrons. The third-order valence-electron chi connectivity index (χ3n) is 2.54. The Morgan fingerprint density at radius 3 is 2.89 bits per heavy atom. The van der Waals surface area contributed by atoms with Crippen LogP contribution in [0.5, 0.6) is 0 Å². The Morgan fingerprint density at radius 2 is 2.26 bits per heavy atom. The van der Waals surface area contributed by atoms with Gasteiger partial charge in [-0.25, -0.2) is 4.98 Å². The van der Waals surface area contributed by atoms with Crippen molar-refractivity contribution in [2.75, 3.05) is 5.32 Å². The zero-order valence-corrected chi connectivity index (χ0v) is 10.8. The second-order valence-corrected chi connectivity index (χ2v) is 4.33. The fraction of sp³-hybridized carbons (Fsp3) is 0.167. The Labute approximate surface area is 114 Å². The maximum atomic E-state index is 10.7. The van der Waals surface area contributed by atoms with E-state index in [1.165, 1.54) is 12.1 Å². The van der Waals surface area contributed by atoms with E-state index in [0.717, 1.165) is 5.56 Å². The van der Waals surface area contributed by atoms with Crippen LogP contribution in [-0.2, 0) is 0 Å². The number of halogens is 1. The van der Waals surface area contributed by atoms with Crippen LogP contribution in [0.25, 0.3) is 0 Å². The van der Waals surface area contributed by atoms with Crippen LogP contribution >= 0.6 is 11.6 Å². The van der Waals surface area contributed by atoms with E-state index in [2.05, 4.69) is 15.3 Å². The first-order valence-electron chi connectivity index (χ1n) is 5.54. The molecule has 0 bridgehead atoms. The van der Waals surface area contributed by atoms with Crippen LogP contribution in [0.4, 0.5) is 11.5 Å². The van der Waals surface area contributed by atoms with Crippen LogP contribution in [0.3, 0.4) is 0 Å². The summed E-state index contributed by atoms with van der Waals surface area (Å²) in [7, 11) is 0. The highest BCUT2D eigenvalue weighted by Crippen LogP contribution is 2.23. The summed E-state index contributed by atoms with van der Waals surface area (Å²) in [5.41, 5.74) is 0.854. The minimum absolute atomic E-state index is 0.0788. The monoisotopic (exact) mass is 278 g/mol. The molecular weight excluding hydrogens is 268 g/mol. The van der Waals surface area contributed by atoms with E-state index in [4.69, 9.17) is 11.6 Å². The Kier molecular flexibility index (Phi) is 3.91. The molecule has 2 heterocycles. The molecule has 0 aliphatic carbocycles. The number of nitrogens with one attached hydrogen (secondary N) is 1. The van der Waals surface area contributed by atoms with Gasteiger partial charge in [-0.2, -0.15) is 0 Å². The Bertz CT molecular complexity index is 592. The highest BCUT2D eigenvalue weighted by atomic mass is 35.5. The van der Waals surface area contributed by atoms with E-state index >= 15 is 0 Å². The van der Waals surface area contributed by atoms with E-state index in [1.54, 1.807) is 12.4 Å². The van der Waals surface area contributed by atoms with Crippen LogP contribution in [-0.4, -0.2) is 14.9 Å². The van der Waals surface area contributed by atoms with Crippen molar-refractivity contribution in [3.63, 3.8) is 0 Å². The molecule has 2 aromatic heterocycles. The van der Waals surface area contributed by atoms with Gasteiger partial charge in [0.2, 0.25) is 0 Å². The van der Waals surface area contributed by atoms with E-state index in [1.807, 2.05) is 19.1 Å². The molecule has 6 nitrogen and oxygen atoms in total. The molecule has 0 spiro atoms. The summed E-state index contributed by atoms with van der Waals surface area (Å²) in [6.07, 6.45) is 3.40. The predicted octanol–water partition coefficient (Wildman–Crippen LogP) is 3.21. The van der Waals surface area contributed by atoms with Crippen LogP contribution in [0.2, 0.25) is 5.15 Å². The summed E-state index contributed by atoms with van der Waals surface area (Å²) in [5.74, 6) is 0.357. The van der Waals surface area contributed by atoms with Crippen molar-refractivity contribution in [2.24, 2.45) is 0 Å². The maximum absolute atomic E-state index is 10.7. The fourth-order valence-electron chi connectivity index (χ4n) is 1.60. The number of hydrogen-bond acceptors (Lipinski definition) is 5. The van der Waals surface area contributed by atoms with Gasteiger partial charge in [0.15, 0.2) is 0 Å². The second-order valence-electron chi connectivity index (χ2n) is 3.94. The zero-order valence-electron chi connectivity index (χ0n) is 10.1. The van der Waals surface area contributed by atoms with E-state index in [0.29, 0.717) is 5.82 Å². The molecule has 1 unspecified atom stereocenters. The minimum atomic E-state index is -0.506. The van der Waals surface area contributed by atoms with Gasteiger partial charge in [-0.05, 0) is 18.6 Å². The van der Waals surface area contributed by atoms with Crippen LogP contribution in [0, 0.1) is 10.1 Å². The lowest BCUT2D eigenvalue weighted by molar-refractivity contribution is -0.384. The number of aromatic nitrogens is 2. The predicted molar refractivity (Wildman–Crippen MR) is 72.2 cm³/mol. The average Bonchev–Trinajstić information content (AvgIpc) is 2.39. The largest absolute Gasteiger partial charge is 0.363 e. The molecule has 2 rings (SSSR count). The van der Waals surface area contributed by atoms with E-state index < -0.39 is 4.92 Å². The SMILES string of the molecule is CC(Nc1cc([N+](=O)[O-])cc(Cl)n1)c1cccnc1. The van der Waals surface area contributed by atoms with Gasteiger partial charge >= 0.3 is 0 Å². The maximum Gasteiger partial charge on any atom is 0.276 e. The van der Waals surface area contributed by atoms with Crippen LogP contribution < -0.4 is 5.32 Å². The lowest BCUT2D eigenvalue weighted by Crippen LogP contribution is -2.08. The Hall–Kier alpha value is -2.21. The fourth-order valence-corrected chi connectivity index (χ4v) is 1.80. The number of hydrogen-bond donors (Lipinski definition) is 1. The number of rotatable bonds is 4. The summed E-state index contributed by atoms with van der Waals surface area (Å²) in [6.45, 7) is 1.91. The van der Waals surface area contributed by atoms with Gasteiger partial charge in [-0.3, -0.25) is 15.1 Å². The summed E-state index contributed by atoms with van der Waals surface area (Å²) < 4.78 is 0. The number of anilines is 1. The molecule has 0 amide bonds. The van der Waals surface area contributed by atoms with Crippen molar-refractivity contribution in [1.29, 1.82) is 0 Å². The third kappa shape index (κ3) is 3.38.